The van der Waals surface area contributed by atoms with Crippen LogP contribution in [-0.4, -0.2) is 25.2 Å². The predicted octanol–water partition coefficient (Wildman–Crippen LogP) is 0.107. The number of carbonyl (C=O) groups is 2. The molecular formula is C11H16N4O2. The van der Waals surface area contributed by atoms with Crippen molar-refractivity contribution < 1.29 is 9.59 Å². The summed E-state index contributed by atoms with van der Waals surface area (Å²) >= 11 is 0. The molecule has 1 aromatic carbocycles. The highest BCUT2D eigenvalue weighted by atomic mass is 16.2. The standard InChI is InChI=1S/C11H16N4O2/c12-10(16)14-6-9(7-15-11(13)17)8-4-2-1-3-5-8/h1-5,9H,6-7H2,(H3,12,14,16)(H3,13,15,17). The second kappa shape index (κ2) is 6.37. The SMILES string of the molecule is NC(=O)NCC(CNC(N)=O)c1ccccc1. The summed E-state index contributed by atoms with van der Waals surface area (Å²) in [7, 11) is 0. The molecule has 1 rings (SSSR count). The van der Waals surface area contributed by atoms with Crippen LogP contribution in [0, 0.1) is 0 Å². The number of nitrogens with one attached hydrogen (secondary N) is 2. The molecule has 92 valence electrons. The van der Waals surface area contributed by atoms with Gasteiger partial charge in [0.05, 0.1) is 0 Å². The Morgan fingerprint density at radius 1 is 1.00 bits per heavy atom. The van der Waals surface area contributed by atoms with E-state index in [1.165, 1.54) is 0 Å². The summed E-state index contributed by atoms with van der Waals surface area (Å²) < 4.78 is 0. The van der Waals surface area contributed by atoms with Crippen molar-refractivity contribution in [2.45, 2.75) is 5.92 Å². The maximum atomic E-state index is 10.7. The van der Waals surface area contributed by atoms with Crippen LogP contribution in [0.4, 0.5) is 9.59 Å². The lowest BCUT2D eigenvalue weighted by molar-refractivity contribution is 0.246. The van der Waals surface area contributed by atoms with E-state index in [2.05, 4.69) is 10.6 Å². The van der Waals surface area contributed by atoms with Gasteiger partial charge in [-0.15, -0.1) is 0 Å². The molecular weight excluding hydrogens is 220 g/mol. The lowest BCUT2D eigenvalue weighted by Gasteiger charge is -2.17. The summed E-state index contributed by atoms with van der Waals surface area (Å²) in [6, 6.07) is 8.30. The molecule has 0 heterocycles. The number of hydrogen-bond acceptors (Lipinski definition) is 2. The third-order valence-corrected chi connectivity index (χ3v) is 2.32. The van der Waals surface area contributed by atoms with Crippen molar-refractivity contribution in [3.63, 3.8) is 0 Å². The molecule has 6 N–H and O–H groups in total. The Morgan fingerprint density at radius 3 is 1.88 bits per heavy atom. The van der Waals surface area contributed by atoms with Gasteiger partial charge in [0.1, 0.15) is 0 Å². The quantitative estimate of drug-likeness (QED) is 0.581. The van der Waals surface area contributed by atoms with E-state index in [0.29, 0.717) is 13.1 Å². The second-order valence-electron chi connectivity index (χ2n) is 3.60. The molecule has 1 aromatic rings. The van der Waals surface area contributed by atoms with E-state index < -0.39 is 12.1 Å². The molecule has 0 unspecified atom stereocenters. The van der Waals surface area contributed by atoms with Crippen molar-refractivity contribution in [2.24, 2.45) is 11.5 Å². The van der Waals surface area contributed by atoms with E-state index in [-0.39, 0.29) is 5.92 Å². The van der Waals surface area contributed by atoms with Gasteiger partial charge in [-0.3, -0.25) is 0 Å². The van der Waals surface area contributed by atoms with Crippen LogP contribution >= 0.6 is 0 Å². The lowest BCUT2D eigenvalue weighted by Crippen LogP contribution is -2.39. The molecule has 6 heteroatoms. The van der Waals surface area contributed by atoms with E-state index in [1.807, 2.05) is 30.3 Å². The summed E-state index contributed by atoms with van der Waals surface area (Å²) in [6.45, 7) is 0.694. The maximum Gasteiger partial charge on any atom is 0.312 e. The molecule has 0 fully saturated rings. The van der Waals surface area contributed by atoms with Crippen LogP contribution in [0.2, 0.25) is 0 Å². The highest BCUT2D eigenvalue weighted by Gasteiger charge is 2.12. The number of carbonyl (C=O) groups excluding carboxylic acids is 2. The fourth-order valence-corrected chi connectivity index (χ4v) is 1.48. The number of primary amides is 2. The molecule has 17 heavy (non-hydrogen) atoms. The van der Waals surface area contributed by atoms with Crippen molar-refractivity contribution in [2.75, 3.05) is 13.1 Å². The van der Waals surface area contributed by atoms with Gasteiger partial charge in [-0.25, -0.2) is 9.59 Å². The lowest BCUT2D eigenvalue weighted by atomic mass is 9.99. The topological polar surface area (TPSA) is 110 Å². The summed E-state index contributed by atoms with van der Waals surface area (Å²) in [5.74, 6) is -0.0591. The van der Waals surface area contributed by atoms with E-state index in [4.69, 9.17) is 11.5 Å². The number of rotatable bonds is 5. The summed E-state index contributed by atoms with van der Waals surface area (Å²) in [5, 5.41) is 5.03. The third-order valence-electron chi connectivity index (χ3n) is 2.32. The van der Waals surface area contributed by atoms with E-state index >= 15 is 0 Å². The van der Waals surface area contributed by atoms with Gasteiger partial charge in [0.15, 0.2) is 0 Å². The molecule has 0 aliphatic rings. The first-order valence-corrected chi connectivity index (χ1v) is 5.21. The van der Waals surface area contributed by atoms with Crippen molar-refractivity contribution >= 4 is 12.1 Å². The fraction of sp³-hybridized carbons (Fsp3) is 0.273. The zero-order valence-corrected chi connectivity index (χ0v) is 9.35. The van der Waals surface area contributed by atoms with Crippen LogP contribution in [0.15, 0.2) is 30.3 Å². The van der Waals surface area contributed by atoms with Crippen LogP contribution in [0.25, 0.3) is 0 Å². The number of hydrogen-bond donors (Lipinski definition) is 4. The van der Waals surface area contributed by atoms with Gasteiger partial charge in [0.25, 0.3) is 0 Å². The van der Waals surface area contributed by atoms with Crippen LogP contribution in [-0.2, 0) is 0 Å². The number of amides is 4. The van der Waals surface area contributed by atoms with Crippen molar-refractivity contribution in [3.05, 3.63) is 35.9 Å². The van der Waals surface area contributed by atoms with E-state index in [9.17, 15) is 9.59 Å². The molecule has 0 aliphatic carbocycles. The van der Waals surface area contributed by atoms with Crippen molar-refractivity contribution in [1.29, 1.82) is 0 Å². The molecule has 4 amide bonds. The van der Waals surface area contributed by atoms with Crippen molar-refractivity contribution in [1.82, 2.24) is 10.6 Å². The molecule has 0 spiro atoms. The molecule has 0 bridgehead atoms. The predicted molar refractivity (Wildman–Crippen MR) is 64.4 cm³/mol. The normalized spacial score (nSPS) is 9.94. The minimum absolute atomic E-state index is 0.0591. The smallest absolute Gasteiger partial charge is 0.312 e. The van der Waals surface area contributed by atoms with E-state index in [0.717, 1.165) is 5.56 Å². The van der Waals surface area contributed by atoms with Gasteiger partial charge in [-0.1, -0.05) is 30.3 Å². The van der Waals surface area contributed by atoms with Crippen LogP contribution in [0.1, 0.15) is 11.5 Å². The first-order valence-electron chi connectivity index (χ1n) is 5.21. The first kappa shape index (κ1) is 12.8. The molecule has 0 aliphatic heterocycles. The van der Waals surface area contributed by atoms with Gasteiger partial charge < -0.3 is 22.1 Å². The average molecular weight is 236 g/mol. The van der Waals surface area contributed by atoms with Gasteiger partial charge >= 0.3 is 12.1 Å². The van der Waals surface area contributed by atoms with Crippen molar-refractivity contribution in [3.8, 4) is 0 Å². The summed E-state index contributed by atoms with van der Waals surface area (Å²) in [6.07, 6.45) is 0. The monoisotopic (exact) mass is 236 g/mol. The Balaban J connectivity index is 2.64. The Kier molecular flexibility index (Phi) is 4.80. The average Bonchev–Trinajstić information content (AvgIpc) is 2.29. The molecule has 6 nitrogen and oxygen atoms in total. The minimum Gasteiger partial charge on any atom is -0.352 e. The van der Waals surface area contributed by atoms with Crippen LogP contribution < -0.4 is 22.1 Å². The highest BCUT2D eigenvalue weighted by Crippen LogP contribution is 2.13. The Bertz CT molecular complexity index is 362. The molecule has 0 saturated heterocycles. The molecule has 0 radical (unpaired) electrons. The Labute approximate surface area is 99.4 Å². The second-order valence-corrected chi connectivity index (χ2v) is 3.60. The molecule has 0 aromatic heterocycles. The summed E-state index contributed by atoms with van der Waals surface area (Å²) in [5.41, 5.74) is 11.0. The summed E-state index contributed by atoms with van der Waals surface area (Å²) in [4.78, 5) is 21.3. The Hall–Kier alpha value is -2.24. The van der Waals surface area contributed by atoms with Crippen LogP contribution in [0.5, 0.6) is 0 Å². The third kappa shape index (κ3) is 4.87. The Morgan fingerprint density at radius 2 is 1.47 bits per heavy atom. The highest BCUT2D eigenvalue weighted by molar-refractivity contribution is 5.72. The maximum absolute atomic E-state index is 10.7. The number of urea groups is 2. The largest absolute Gasteiger partial charge is 0.352 e. The van der Waals surface area contributed by atoms with Gasteiger partial charge in [0, 0.05) is 19.0 Å². The van der Waals surface area contributed by atoms with E-state index in [1.54, 1.807) is 0 Å². The molecule has 0 atom stereocenters. The zero-order valence-electron chi connectivity index (χ0n) is 9.35. The first-order chi connectivity index (χ1) is 8.09. The minimum atomic E-state index is -0.593. The number of benzene rings is 1. The zero-order chi connectivity index (χ0) is 12.7. The molecule has 0 saturated carbocycles. The van der Waals surface area contributed by atoms with Gasteiger partial charge in [0.2, 0.25) is 0 Å². The number of nitrogens with two attached hydrogens (primary N) is 2. The van der Waals surface area contributed by atoms with Gasteiger partial charge in [-0.2, -0.15) is 0 Å². The fourth-order valence-electron chi connectivity index (χ4n) is 1.48. The van der Waals surface area contributed by atoms with Gasteiger partial charge in [-0.05, 0) is 5.56 Å². The van der Waals surface area contributed by atoms with Crippen LogP contribution in [0.3, 0.4) is 0 Å².